The number of imidazole rings is 1. The first-order valence-corrected chi connectivity index (χ1v) is 10.4. The molecule has 2 heterocycles. The third kappa shape index (κ3) is 4.09. The molecule has 150 valence electrons. The molecule has 0 saturated carbocycles. The van der Waals surface area contributed by atoms with Crippen LogP contribution in [-0.4, -0.2) is 36.0 Å². The number of carbonyl (C=O) groups is 1. The van der Waals surface area contributed by atoms with Gasteiger partial charge < -0.3 is 14.5 Å². The Morgan fingerprint density at radius 3 is 2.90 bits per heavy atom. The lowest BCUT2D eigenvalue weighted by molar-refractivity contribution is -0.117. The molecule has 0 aliphatic heterocycles. The molecule has 0 saturated heterocycles. The summed E-state index contributed by atoms with van der Waals surface area (Å²) in [4.78, 5) is 16.6. The number of halogens is 1. The minimum absolute atomic E-state index is 0.138. The molecule has 1 N–H and O–H groups in total. The molecule has 0 radical (unpaired) electrons. The Morgan fingerprint density at radius 1 is 1.28 bits per heavy atom. The first-order chi connectivity index (χ1) is 14.0. The summed E-state index contributed by atoms with van der Waals surface area (Å²) in [5.41, 5.74) is 3.64. The van der Waals surface area contributed by atoms with E-state index < -0.39 is 0 Å². The Hall–Kier alpha value is -2.94. The zero-order chi connectivity index (χ0) is 20.4. The van der Waals surface area contributed by atoms with E-state index in [2.05, 4.69) is 20.5 Å². The van der Waals surface area contributed by atoms with Gasteiger partial charge in [-0.05, 0) is 43.7 Å². The number of amides is 1. The largest absolute Gasteiger partial charge is 0.334 e. The van der Waals surface area contributed by atoms with Crippen LogP contribution >= 0.6 is 11.8 Å². The Morgan fingerprint density at radius 2 is 2.14 bits per heavy atom. The van der Waals surface area contributed by atoms with Gasteiger partial charge in [-0.15, -0.1) is 10.2 Å². The third-order valence-electron chi connectivity index (χ3n) is 4.75. The summed E-state index contributed by atoms with van der Waals surface area (Å²) in [5.74, 6) is 0.669. The number of fused-ring (bicyclic) bond motifs is 1. The van der Waals surface area contributed by atoms with Crippen LogP contribution in [0.2, 0.25) is 0 Å². The average molecular weight is 412 g/mol. The fourth-order valence-electron chi connectivity index (χ4n) is 3.22. The van der Waals surface area contributed by atoms with Crippen molar-refractivity contribution >= 4 is 28.7 Å². The van der Waals surface area contributed by atoms with E-state index in [0.29, 0.717) is 24.5 Å². The van der Waals surface area contributed by atoms with Gasteiger partial charge in [-0.25, -0.2) is 9.37 Å². The van der Waals surface area contributed by atoms with E-state index >= 15 is 0 Å². The molecule has 2 aromatic heterocycles. The van der Waals surface area contributed by atoms with Gasteiger partial charge >= 0.3 is 0 Å². The smallest absolute Gasteiger partial charge is 0.234 e. The zero-order valence-corrected chi connectivity index (χ0v) is 17.0. The first-order valence-electron chi connectivity index (χ1n) is 9.37. The van der Waals surface area contributed by atoms with Crippen molar-refractivity contribution in [2.75, 3.05) is 5.75 Å². The van der Waals surface area contributed by atoms with Gasteiger partial charge in [0.05, 0.1) is 23.1 Å². The highest BCUT2D eigenvalue weighted by molar-refractivity contribution is 7.99. The molecular weight excluding hydrogens is 391 g/mol. The molecule has 7 nitrogen and oxygen atoms in total. The minimum atomic E-state index is -0.162. The van der Waals surface area contributed by atoms with E-state index in [4.69, 9.17) is 0 Å². The van der Waals surface area contributed by atoms with Crippen molar-refractivity contribution in [3.05, 3.63) is 48.2 Å². The van der Waals surface area contributed by atoms with Crippen LogP contribution in [0.1, 0.15) is 19.8 Å². The molecule has 1 aromatic carbocycles. The van der Waals surface area contributed by atoms with Crippen LogP contribution in [0.3, 0.4) is 0 Å². The van der Waals surface area contributed by atoms with Crippen LogP contribution in [0.5, 0.6) is 0 Å². The predicted octanol–water partition coefficient (Wildman–Crippen LogP) is 3.59. The second-order valence-corrected chi connectivity index (χ2v) is 7.69. The summed E-state index contributed by atoms with van der Waals surface area (Å²) in [6, 6.07) is 5.99. The lowest BCUT2D eigenvalue weighted by Gasteiger charge is -2.12. The molecule has 4 rings (SSSR count). The number of carbonyl (C=O) groups excluding carboxylic acids is 1. The van der Waals surface area contributed by atoms with Gasteiger partial charge in [0.15, 0.2) is 11.0 Å². The Kier molecular flexibility index (Phi) is 5.48. The highest BCUT2D eigenvalue weighted by Crippen LogP contribution is 2.26. The zero-order valence-electron chi connectivity index (χ0n) is 16.2. The van der Waals surface area contributed by atoms with Gasteiger partial charge in [0, 0.05) is 31.3 Å². The molecule has 1 aliphatic carbocycles. The molecular formula is C20H21FN6OS. The fraction of sp³-hybridized carbons (Fsp3) is 0.300. The van der Waals surface area contributed by atoms with Crippen LogP contribution in [0.15, 0.2) is 53.4 Å². The normalized spacial score (nSPS) is 14.0. The second kappa shape index (κ2) is 8.20. The highest BCUT2D eigenvalue weighted by atomic mass is 32.2. The van der Waals surface area contributed by atoms with Gasteiger partial charge in [0.1, 0.15) is 5.83 Å². The van der Waals surface area contributed by atoms with E-state index in [1.54, 1.807) is 12.4 Å². The summed E-state index contributed by atoms with van der Waals surface area (Å²) in [5, 5.41) is 12.2. The maximum atomic E-state index is 13.1. The lowest BCUT2D eigenvalue weighted by atomic mass is 10.1. The predicted molar refractivity (Wildman–Crippen MR) is 111 cm³/mol. The van der Waals surface area contributed by atoms with Gasteiger partial charge in [-0.1, -0.05) is 11.8 Å². The van der Waals surface area contributed by atoms with Crippen molar-refractivity contribution < 1.29 is 9.18 Å². The summed E-state index contributed by atoms with van der Waals surface area (Å²) in [6.45, 7) is 2.71. The molecule has 0 unspecified atom stereocenters. The number of nitrogens with one attached hydrogen (secondary N) is 1. The van der Waals surface area contributed by atoms with Gasteiger partial charge in [0.2, 0.25) is 5.91 Å². The van der Waals surface area contributed by atoms with Gasteiger partial charge in [-0.3, -0.25) is 4.79 Å². The van der Waals surface area contributed by atoms with Crippen LogP contribution in [0.25, 0.3) is 22.4 Å². The van der Waals surface area contributed by atoms with E-state index in [-0.39, 0.29) is 17.5 Å². The van der Waals surface area contributed by atoms with Crippen molar-refractivity contribution in [2.24, 2.45) is 7.05 Å². The molecule has 9 heteroatoms. The number of nitrogens with zero attached hydrogens (tertiary/aromatic N) is 5. The molecule has 3 aromatic rings. The standard InChI is InChI=1S/C20H21FN6OS/c1-3-27-19(13-4-9-16-17(10-13)26(2)12-22-16)24-25-20(27)29-11-18(28)23-15-7-5-14(21)6-8-15/h4-5,7,9-10,12H,3,6,8,11H2,1-2H3,(H,23,28). The number of rotatable bonds is 6. The summed E-state index contributed by atoms with van der Waals surface area (Å²) in [6.07, 6.45) is 5.62. The van der Waals surface area contributed by atoms with Gasteiger partial charge in [0.25, 0.3) is 0 Å². The fourth-order valence-corrected chi connectivity index (χ4v) is 4.02. The highest BCUT2D eigenvalue weighted by Gasteiger charge is 2.16. The summed E-state index contributed by atoms with van der Waals surface area (Å²) >= 11 is 1.34. The van der Waals surface area contributed by atoms with E-state index in [9.17, 15) is 9.18 Å². The molecule has 0 bridgehead atoms. The van der Waals surface area contributed by atoms with Crippen molar-refractivity contribution in [3.8, 4) is 11.4 Å². The maximum absolute atomic E-state index is 13.1. The molecule has 0 atom stereocenters. The van der Waals surface area contributed by atoms with Crippen LogP contribution in [0.4, 0.5) is 4.39 Å². The number of hydrogen-bond acceptors (Lipinski definition) is 5. The average Bonchev–Trinajstić information content (AvgIpc) is 3.31. The number of hydrogen-bond donors (Lipinski definition) is 1. The van der Waals surface area contributed by atoms with E-state index in [1.165, 1.54) is 17.8 Å². The number of benzene rings is 1. The van der Waals surface area contributed by atoms with Crippen LogP contribution in [0, 0.1) is 0 Å². The number of aromatic nitrogens is 5. The topological polar surface area (TPSA) is 77.6 Å². The monoisotopic (exact) mass is 412 g/mol. The number of allylic oxidation sites excluding steroid dienone is 4. The summed E-state index contributed by atoms with van der Waals surface area (Å²) < 4.78 is 17.0. The molecule has 29 heavy (non-hydrogen) atoms. The first kappa shape index (κ1) is 19.4. The van der Waals surface area contributed by atoms with E-state index in [1.807, 2.05) is 41.3 Å². The lowest BCUT2D eigenvalue weighted by Crippen LogP contribution is -2.25. The van der Waals surface area contributed by atoms with Crippen molar-refractivity contribution in [3.63, 3.8) is 0 Å². The van der Waals surface area contributed by atoms with Crippen molar-refractivity contribution in [1.82, 2.24) is 29.6 Å². The summed E-state index contributed by atoms with van der Waals surface area (Å²) in [7, 11) is 1.95. The third-order valence-corrected chi connectivity index (χ3v) is 5.71. The number of thioether (sulfide) groups is 1. The molecule has 0 spiro atoms. The number of aryl methyl sites for hydroxylation is 1. The quantitative estimate of drug-likeness (QED) is 0.626. The Labute approximate surface area is 171 Å². The van der Waals surface area contributed by atoms with Crippen molar-refractivity contribution in [1.29, 1.82) is 0 Å². The Bertz CT molecular complexity index is 1130. The molecule has 1 amide bonds. The minimum Gasteiger partial charge on any atom is -0.334 e. The SMILES string of the molecule is CCn1c(SCC(=O)NC2=CC=C(F)CC2)nnc1-c1ccc2ncn(C)c2c1. The van der Waals surface area contributed by atoms with E-state index in [0.717, 1.165) is 28.1 Å². The van der Waals surface area contributed by atoms with Crippen molar-refractivity contribution in [2.45, 2.75) is 31.5 Å². The molecule has 0 fully saturated rings. The Balaban J connectivity index is 1.48. The van der Waals surface area contributed by atoms with Crippen LogP contribution < -0.4 is 5.32 Å². The second-order valence-electron chi connectivity index (χ2n) is 6.75. The molecule has 1 aliphatic rings. The van der Waals surface area contributed by atoms with Crippen LogP contribution in [-0.2, 0) is 18.4 Å². The maximum Gasteiger partial charge on any atom is 0.234 e. The van der Waals surface area contributed by atoms with Gasteiger partial charge in [-0.2, -0.15) is 0 Å².